The zero-order valence-electron chi connectivity index (χ0n) is 9.93. The van der Waals surface area contributed by atoms with Gasteiger partial charge in [0.25, 0.3) is 0 Å². The van der Waals surface area contributed by atoms with Crippen LogP contribution in [-0.2, 0) is 0 Å². The van der Waals surface area contributed by atoms with Crippen molar-refractivity contribution in [3.8, 4) is 0 Å². The second-order valence-electron chi connectivity index (χ2n) is 4.71. The fourth-order valence-electron chi connectivity index (χ4n) is 2.05. The van der Waals surface area contributed by atoms with Crippen LogP contribution in [0.3, 0.4) is 0 Å². The van der Waals surface area contributed by atoms with Crippen LogP contribution < -0.4 is 11.1 Å². The van der Waals surface area contributed by atoms with Gasteiger partial charge in [-0.05, 0) is 37.0 Å². The van der Waals surface area contributed by atoms with Crippen LogP contribution in [0.1, 0.15) is 23.2 Å². The van der Waals surface area contributed by atoms with E-state index in [2.05, 4.69) is 10.3 Å². The van der Waals surface area contributed by atoms with E-state index in [-0.39, 0.29) is 0 Å². The SMILES string of the molecule is NC(=O)c1cccc(NC2=NCC(C3CC3)S2)c1. The molecule has 3 N–H and O–H groups in total. The van der Waals surface area contributed by atoms with E-state index in [1.807, 2.05) is 23.9 Å². The number of primary amides is 1. The van der Waals surface area contributed by atoms with Crippen LogP contribution in [0.15, 0.2) is 29.3 Å². The Bertz CT molecular complexity index is 511. The minimum atomic E-state index is -0.407. The van der Waals surface area contributed by atoms with Gasteiger partial charge < -0.3 is 11.1 Å². The number of thioether (sulfide) groups is 1. The van der Waals surface area contributed by atoms with E-state index >= 15 is 0 Å². The number of carbonyl (C=O) groups is 1. The first-order valence-electron chi connectivity index (χ1n) is 6.10. The highest BCUT2D eigenvalue weighted by molar-refractivity contribution is 8.15. The minimum Gasteiger partial charge on any atom is -0.366 e. The molecule has 94 valence electrons. The topological polar surface area (TPSA) is 67.5 Å². The molecule has 1 amide bonds. The fraction of sp³-hybridized carbons (Fsp3) is 0.385. The normalized spacial score (nSPS) is 22.7. The second-order valence-corrected chi connectivity index (χ2v) is 5.94. The van der Waals surface area contributed by atoms with E-state index < -0.39 is 5.91 Å². The molecule has 0 bridgehead atoms. The molecule has 3 rings (SSSR count). The van der Waals surface area contributed by atoms with E-state index in [1.165, 1.54) is 12.8 Å². The Labute approximate surface area is 110 Å². The van der Waals surface area contributed by atoms with Crippen molar-refractivity contribution in [3.05, 3.63) is 29.8 Å². The number of carbonyl (C=O) groups excluding carboxylic acids is 1. The Morgan fingerprint density at radius 1 is 1.44 bits per heavy atom. The number of benzene rings is 1. The van der Waals surface area contributed by atoms with Crippen LogP contribution in [0.5, 0.6) is 0 Å². The molecule has 2 aliphatic rings. The largest absolute Gasteiger partial charge is 0.366 e. The number of nitrogens with one attached hydrogen (secondary N) is 1. The Morgan fingerprint density at radius 3 is 3.00 bits per heavy atom. The second kappa shape index (κ2) is 4.65. The highest BCUT2D eigenvalue weighted by Crippen LogP contribution is 2.41. The molecule has 0 saturated heterocycles. The summed E-state index contributed by atoms with van der Waals surface area (Å²) in [6.07, 6.45) is 2.69. The van der Waals surface area contributed by atoms with Gasteiger partial charge in [0.2, 0.25) is 5.91 Å². The number of amidine groups is 1. The Morgan fingerprint density at radius 2 is 2.28 bits per heavy atom. The molecule has 1 saturated carbocycles. The zero-order chi connectivity index (χ0) is 12.5. The smallest absolute Gasteiger partial charge is 0.248 e. The molecule has 1 unspecified atom stereocenters. The molecular weight excluding hydrogens is 246 g/mol. The molecule has 0 radical (unpaired) electrons. The number of hydrogen-bond acceptors (Lipinski definition) is 4. The average molecular weight is 261 g/mol. The highest BCUT2D eigenvalue weighted by atomic mass is 32.2. The summed E-state index contributed by atoms with van der Waals surface area (Å²) in [5.74, 6) is 0.450. The van der Waals surface area contributed by atoms with Gasteiger partial charge >= 0.3 is 0 Å². The molecular formula is C13H15N3OS. The van der Waals surface area contributed by atoms with Crippen molar-refractivity contribution in [1.82, 2.24) is 0 Å². The van der Waals surface area contributed by atoms with Gasteiger partial charge in [-0.3, -0.25) is 9.79 Å². The van der Waals surface area contributed by atoms with Crippen LogP contribution in [0.25, 0.3) is 0 Å². The number of nitrogens with zero attached hydrogens (tertiary/aromatic N) is 1. The Kier molecular flexibility index (Phi) is 2.99. The number of amides is 1. The lowest BCUT2D eigenvalue weighted by Gasteiger charge is -2.08. The van der Waals surface area contributed by atoms with Gasteiger partial charge in [-0.2, -0.15) is 0 Å². The Balaban J connectivity index is 1.65. The predicted octanol–water partition coefficient (Wildman–Crippen LogP) is 2.08. The quantitative estimate of drug-likeness (QED) is 0.875. The van der Waals surface area contributed by atoms with E-state index in [9.17, 15) is 4.79 Å². The van der Waals surface area contributed by atoms with Crippen molar-refractivity contribution >= 4 is 28.5 Å². The Hall–Kier alpha value is -1.49. The summed E-state index contributed by atoms with van der Waals surface area (Å²) in [5, 5.41) is 4.85. The maximum Gasteiger partial charge on any atom is 0.248 e. The van der Waals surface area contributed by atoms with E-state index in [0.29, 0.717) is 10.8 Å². The molecule has 1 aromatic rings. The predicted molar refractivity (Wildman–Crippen MR) is 75.0 cm³/mol. The first kappa shape index (κ1) is 11.6. The summed E-state index contributed by atoms with van der Waals surface area (Å²) in [5.41, 5.74) is 6.64. The molecule has 18 heavy (non-hydrogen) atoms. The molecule has 1 aromatic carbocycles. The number of rotatable bonds is 3. The van der Waals surface area contributed by atoms with Crippen molar-refractivity contribution < 1.29 is 4.79 Å². The number of anilines is 1. The standard InChI is InChI=1S/C13H15N3OS/c14-12(17)9-2-1-3-10(6-9)16-13-15-7-11(18-13)8-4-5-8/h1-3,6,8,11H,4-5,7H2,(H2,14,17)(H,15,16). The maximum absolute atomic E-state index is 11.1. The van der Waals surface area contributed by atoms with Crippen LogP contribution in [0, 0.1) is 5.92 Å². The summed E-state index contributed by atoms with van der Waals surface area (Å²) in [7, 11) is 0. The van der Waals surface area contributed by atoms with Gasteiger partial charge in [-0.15, -0.1) is 0 Å². The molecule has 5 heteroatoms. The number of aliphatic imine (C=N–C) groups is 1. The van der Waals surface area contributed by atoms with Crippen LogP contribution in [-0.4, -0.2) is 22.9 Å². The van der Waals surface area contributed by atoms with Crippen molar-refractivity contribution in [2.45, 2.75) is 18.1 Å². The number of nitrogens with two attached hydrogens (primary N) is 1. The first-order chi connectivity index (χ1) is 8.72. The summed E-state index contributed by atoms with van der Waals surface area (Å²) in [6.45, 7) is 0.910. The monoisotopic (exact) mass is 261 g/mol. The lowest BCUT2D eigenvalue weighted by molar-refractivity contribution is 0.100. The molecule has 0 aromatic heterocycles. The fourth-order valence-corrected chi connectivity index (χ4v) is 3.27. The van der Waals surface area contributed by atoms with Gasteiger partial charge in [-0.1, -0.05) is 17.8 Å². The molecule has 1 fully saturated rings. The molecule has 4 nitrogen and oxygen atoms in total. The van der Waals surface area contributed by atoms with E-state index in [0.717, 1.165) is 23.3 Å². The summed E-state index contributed by atoms with van der Waals surface area (Å²) in [6, 6.07) is 7.21. The molecule has 0 spiro atoms. The molecule has 1 heterocycles. The summed E-state index contributed by atoms with van der Waals surface area (Å²) in [4.78, 5) is 15.6. The average Bonchev–Trinajstić information content (AvgIpc) is 3.11. The summed E-state index contributed by atoms with van der Waals surface area (Å²) < 4.78 is 0. The summed E-state index contributed by atoms with van der Waals surface area (Å²) >= 11 is 1.81. The minimum absolute atomic E-state index is 0.407. The van der Waals surface area contributed by atoms with Crippen LogP contribution in [0.2, 0.25) is 0 Å². The molecule has 1 aliphatic heterocycles. The maximum atomic E-state index is 11.1. The molecule has 1 atom stereocenters. The van der Waals surface area contributed by atoms with Crippen LogP contribution in [0.4, 0.5) is 5.69 Å². The number of hydrogen-bond donors (Lipinski definition) is 2. The van der Waals surface area contributed by atoms with Crippen molar-refractivity contribution in [3.63, 3.8) is 0 Å². The lowest BCUT2D eigenvalue weighted by atomic mass is 10.2. The van der Waals surface area contributed by atoms with E-state index in [1.54, 1.807) is 12.1 Å². The van der Waals surface area contributed by atoms with Gasteiger partial charge in [-0.25, -0.2) is 0 Å². The van der Waals surface area contributed by atoms with Crippen molar-refractivity contribution in [2.75, 3.05) is 11.9 Å². The third-order valence-corrected chi connectivity index (χ3v) is 4.52. The molecule has 1 aliphatic carbocycles. The van der Waals surface area contributed by atoms with Gasteiger partial charge in [0.15, 0.2) is 5.17 Å². The van der Waals surface area contributed by atoms with Gasteiger partial charge in [0, 0.05) is 16.5 Å². The van der Waals surface area contributed by atoms with E-state index in [4.69, 9.17) is 5.73 Å². The van der Waals surface area contributed by atoms with Crippen molar-refractivity contribution in [2.24, 2.45) is 16.6 Å². The van der Waals surface area contributed by atoms with Gasteiger partial charge in [0.1, 0.15) is 0 Å². The van der Waals surface area contributed by atoms with Crippen LogP contribution >= 0.6 is 11.8 Å². The lowest BCUT2D eigenvalue weighted by Crippen LogP contribution is -2.12. The van der Waals surface area contributed by atoms with Gasteiger partial charge in [0.05, 0.1) is 6.54 Å². The first-order valence-corrected chi connectivity index (χ1v) is 6.98. The van der Waals surface area contributed by atoms with Crippen molar-refractivity contribution in [1.29, 1.82) is 0 Å². The third kappa shape index (κ3) is 2.51. The highest BCUT2D eigenvalue weighted by Gasteiger charge is 2.35. The zero-order valence-corrected chi connectivity index (χ0v) is 10.7. The third-order valence-electron chi connectivity index (χ3n) is 3.22.